The Morgan fingerprint density at radius 2 is 2.00 bits per heavy atom. The van der Waals surface area contributed by atoms with E-state index in [9.17, 15) is 9.59 Å². The number of aromatic nitrogens is 2. The van der Waals surface area contributed by atoms with Crippen molar-refractivity contribution >= 4 is 33.0 Å². The van der Waals surface area contributed by atoms with Gasteiger partial charge in [0.25, 0.3) is 5.56 Å². The Kier molecular flexibility index (Phi) is 4.03. The lowest BCUT2D eigenvalue weighted by atomic mass is 10.0. The molecule has 25 heavy (non-hydrogen) atoms. The molecule has 4 aromatic rings. The van der Waals surface area contributed by atoms with E-state index in [0.29, 0.717) is 10.7 Å². The van der Waals surface area contributed by atoms with Crippen LogP contribution >= 0.6 is 11.3 Å². The van der Waals surface area contributed by atoms with Crippen LogP contribution < -0.4 is 5.56 Å². The minimum absolute atomic E-state index is 0.00671. The molecule has 0 N–H and O–H groups in total. The summed E-state index contributed by atoms with van der Waals surface area (Å²) in [4.78, 5) is 29.0. The molecule has 0 saturated heterocycles. The summed E-state index contributed by atoms with van der Waals surface area (Å²) in [6.45, 7) is -0.00671. The zero-order valence-electron chi connectivity index (χ0n) is 13.2. The smallest absolute Gasteiger partial charge is 0.310 e. The van der Waals surface area contributed by atoms with Gasteiger partial charge in [-0.25, -0.2) is 4.98 Å². The van der Waals surface area contributed by atoms with Crippen LogP contribution in [-0.4, -0.2) is 15.4 Å². The third kappa shape index (κ3) is 3.16. The van der Waals surface area contributed by atoms with Crippen molar-refractivity contribution in [2.75, 3.05) is 0 Å². The van der Waals surface area contributed by atoms with Crippen LogP contribution in [0.25, 0.3) is 15.7 Å². The summed E-state index contributed by atoms with van der Waals surface area (Å²) in [7, 11) is 0. The van der Waals surface area contributed by atoms with Crippen LogP contribution in [0.3, 0.4) is 0 Å². The third-order valence-electron chi connectivity index (χ3n) is 3.95. The maximum absolute atomic E-state index is 12.2. The van der Waals surface area contributed by atoms with Gasteiger partial charge in [-0.2, -0.15) is 0 Å². The summed E-state index contributed by atoms with van der Waals surface area (Å²) in [5.74, 6) is -0.343. The van der Waals surface area contributed by atoms with Crippen LogP contribution in [0.4, 0.5) is 0 Å². The summed E-state index contributed by atoms with van der Waals surface area (Å²) < 4.78 is 6.78. The van der Waals surface area contributed by atoms with Crippen LogP contribution in [-0.2, 0) is 22.6 Å². The second-order valence-electron chi connectivity index (χ2n) is 5.62. The Morgan fingerprint density at radius 3 is 2.92 bits per heavy atom. The molecule has 0 spiro atoms. The quantitative estimate of drug-likeness (QED) is 0.530. The lowest BCUT2D eigenvalue weighted by Gasteiger charge is -2.07. The van der Waals surface area contributed by atoms with Gasteiger partial charge in [0.15, 0.2) is 4.96 Å². The van der Waals surface area contributed by atoms with E-state index < -0.39 is 0 Å². The highest BCUT2D eigenvalue weighted by molar-refractivity contribution is 7.15. The van der Waals surface area contributed by atoms with Crippen molar-refractivity contribution in [3.05, 3.63) is 81.7 Å². The fraction of sp³-hybridized carbons (Fsp3) is 0.105. The number of rotatable bonds is 4. The van der Waals surface area contributed by atoms with Crippen molar-refractivity contribution in [1.82, 2.24) is 9.38 Å². The number of carbonyl (C=O) groups excluding carboxylic acids is 1. The first-order valence-corrected chi connectivity index (χ1v) is 8.67. The molecule has 124 valence electrons. The fourth-order valence-electron chi connectivity index (χ4n) is 2.77. The Labute approximate surface area is 147 Å². The lowest BCUT2D eigenvalue weighted by Crippen LogP contribution is -2.15. The molecule has 0 aliphatic heterocycles. The average Bonchev–Trinajstić information content (AvgIpc) is 3.10. The molecule has 0 aliphatic carbocycles. The van der Waals surface area contributed by atoms with Gasteiger partial charge in [-0.15, -0.1) is 11.3 Å². The number of benzene rings is 2. The third-order valence-corrected chi connectivity index (χ3v) is 4.71. The molecule has 6 heteroatoms. The summed E-state index contributed by atoms with van der Waals surface area (Å²) in [6, 6.07) is 15.2. The maximum Gasteiger partial charge on any atom is 0.310 e. The van der Waals surface area contributed by atoms with Gasteiger partial charge in [0.1, 0.15) is 6.61 Å². The summed E-state index contributed by atoms with van der Waals surface area (Å²) in [5, 5.41) is 3.92. The summed E-state index contributed by atoms with van der Waals surface area (Å²) in [6.07, 6.45) is 1.85. The second-order valence-corrected chi connectivity index (χ2v) is 6.49. The predicted octanol–water partition coefficient (Wildman–Crippen LogP) is 3.20. The molecule has 0 aliphatic rings. The van der Waals surface area contributed by atoms with Crippen LogP contribution in [0.2, 0.25) is 0 Å². The number of ether oxygens (including phenoxy) is 1. The largest absolute Gasteiger partial charge is 0.459 e. The highest BCUT2D eigenvalue weighted by Crippen LogP contribution is 2.19. The first-order chi connectivity index (χ1) is 12.2. The van der Waals surface area contributed by atoms with E-state index in [0.717, 1.165) is 16.3 Å². The van der Waals surface area contributed by atoms with Gasteiger partial charge in [-0.1, -0.05) is 42.5 Å². The molecule has 5 nitrogen and oxygen atoms in total. The topological polar surface area (TPSA) is 60.7 Å². The zero-order chi connectivity index (χ0) is 17.2. The van der Waals surface area contributed by atoms with Crippen molar-refractivity contribution in [3.8, 4) is 0 Å². The fourth-order valence-corrected chi connectivity index (χ4v) is 3.51. The van der Waals surface area contributed by atoms with E-state index in [1.165, 1.54) is 21.8 Å². The Balaban J connectivity index is 1.49. The van der Waals surface area contributed by atoms with Crippen molar-refractivity contribution < 1.29 is 9.53 Å². The van der Waals surface area contributed by atoms with Gasteiger partial charge in [0, 0.05) is 17.6 Å². The van der Waals surface area contributed by atoms with E-state index in [4.69, 9.17) is 4.74 Å². The molecule has 2 aromatic heterocycles. The second kappa shape index (κ2) is 6.49. The number of nitrogens with zero attached hydrogens (tertiary/aromatic N) is 2. The predicted molar refractivity (Wildman–Crippen MR) is 96.8 cm³/mol. The highest BCUT2D eigenvalue weighted by atomic mass is 32.1. The minimum atomic E-state index is -0.343. The molecule has 2 aromatic carbocycles. The number of carbonyl (C=O) groups is 1. The monoisotopic (exact) mass is 350 g/mol. The van der Waals surface area contributed by atoms with Gasteiger partial charge < -0.3 is 4.74 Å². The number of thiazole rings is 1. The summed E-state index contributed by atoms with van der Waals surface area (Å²) >= 11 is 1.37. The Bertz CT molecular complexity index is 1120. The van der Waals surface area contributed by atoms with E-state index >= 15 is 0 Å². The number of hydrogen-bond donors (Lipinski definition) is 0. The zero-order valence-corrected chi connectivity index (χ0v) is 14.0. The molecular formula is C19H14N2O3S. The Hall–Kier alpha value is -2.99. The van der Waals surface area contributed by atoms with Crippen LogP contribution in [0, 0.1) is 0 Å². The van der Waals surface area contributed by atoms with Gasteiger partial charge in [0.05, 0.1) is 12.1 Å². The van der Waals surface area contributed by atoms with Crippen molar-refractivity contribution in [2.24, 2.45) is 0 Å². The van der Waals surface area contributed by atoms with Crippen LogP contribution in [0.1, 0.15) is 11.3 Å². The van der Waals surface area contributed by atoms with E-state index in [-0.39, 0.29) is 24.6 Å². The Morgan fingerprint density at radius 1 is 1.16 bits per heavy atom. The standard InChI is InChI=1S/C19H14N2O3S/c22-17-11-15(20-19-21(17)8-9-25-19)12-24-18(23)10-14-6-3-5-13-4-1-2-7-16(13)14/h1-9,11H,10,12H2. The van der Waals surface area contributed by atoms with Crippen molar-refractivity contribution in [3.63, 3.8) is 0 Å². The van der Waals surface area contributed by atoms with E-state index in [1.54, 1.807) is 11.6 Å². The summed E-state index contributed by atoms with van der Waals surface area (Å²) in [5.41, 5.74) is 1.20. The van der Waals surface area contributed by atoms with Gasteiger partial charge >= 0.3 is 5.97 Å². The molecule has 0 amide bonds. The number of esters is 1. The first-order valence-electron chi connectivity index (χ1n) is 7.79. The van der Waals surface area contributed by atoms with Gasteiger partial charge in [-0.05, 0) is 16.3 Å². The molecule has 0 atom stereocenters. The molecule has 0 radical (unpaired) electrons. The van der Waals surface area contributed by atoms with Crippen LogP contribution in [0.15, 0.2) is 64.9 Å². The molecular weight excluding hydrogens is 336 g/mol. The highest BCUT2D eigenvalue weighted by Gasteiger charge is 2.10. The van der Waals surface area contributed by atoms with Gasteiger partial charge in [-0.3, -0.25) is 14.0 Å². The van der Waals surface area contributed by atoms with E-state index in [2.05, 4.69) is 4.98 Å². The molecule has 0 saturated carbocycles. The molecule has 4 rings (SSSR count). The van der Waals surface area contributed by atoms with Gasteiger partial charge in [0.2, 0.25) is 0 Å². The van der Waals surface area contributed by atoms with Crippen molar-refractivity contribution in [2.45, 2.75) is 13.0 Å². The average molecular weight is 350 g/mol. The maximum atomic E-state index is 12.2. The number of fused-ring (bicyclic) bond motifs is 2. The molecule has 0 fully saturated rings. The molecule has 2 heterocycles. The number of hydrogen-bond acceptors (Lipinski definition) is 5. The molecule has 0 unspecified atom stereocenters. The van der Waals surface area contributed by atoms with E-state index in [1.807, 2.05) is 42.5 Å². The minimum Gasteiger partial charge on any atom is -0.459 e. The lowest BCUT2D eigenvalue weighted by molar-refractivity contribution is -0.144. The first kappa shape index (κ1) is 15.5. The van der Waals surface area contributed by atoms with Crippen LogP contribution in [0.5, 0.6) is 0 Å². The van der Waals surface area contributed by atoms with Crippen molar-refractivity contribution in [1.29, 1.82) is 0 Å². The normalized spacial score (nSPS) is 11.0. The molecule has 0 bridgehead atoms. The SMILES string of the molecule is O=C(Cc1cccc2ccccc12)OCc1cc(=O)n2ccsc2n1.